The molecule has 3 heteroatoms. The van der Waals surface area contributed by atoms with Crippen LogP contribution in [0.3, 0.4) is 0 Å². The molecule has 1 aliphatic carbocycles. The van der Waals surface area contributed by atoms with Gasteiger partial charge in [-0.15, -0.1) is 0 Å². The van der Waals surface area contributed by atoms with Crippen LogP contribution < -0.4 is 5.32 Å². The zero-order valence-corrected chi connectivity index (χ0v) is 11.5. The first-order valence-corrected chi connectivity index (χ1v) is 6.81. The van der Waals surface area contributed by atoms with Gasteiger partial charge in [0.2, 0.25) is 5.91 Å². The maximum Gasteiger partial charge on any atom is 0.223 e. The van der Waals surface area contributed by atoms with Gasteiger partial charge in [0.25, 0.3) is 0 Å². The lowest BCUT2D eigenvalue weighted by molar-refractivity contribution is -0.126. The molecule has 0 aliphatic heterocycles. The average molecular weight is 241 g/mol. The summed E-state index contributed by atoms with van der Waals surface area (Å²) >= 11 is 0. The number of hydrogen-bond acceptors (Lipinski definition) is 2. The number of aliphatic hydroxyl groups is 1. The van der Waals surface area contributed by atoms with Crippen molar-refractivity contribution in [2.75, 3.05) is 13.2 Å². The summed E-state index contributed by atoms with van der Waals surface area (Å²) in [7, 11) is 0. The van der Waals surface area contributed by atoms with Gasteiger partial charge in [-0.05, 0) is 43.4 Å². The Bertz CT molecular complexity index is 237. The number of amides is 1. The van der Waals surface area contributed by atoms with Gasteiger partial charge in [0.05, 0.1) is 0 Å². The van der Waals surface area contributed by atoms with Gasteiger partial charge in [-0.3, -0.25) is 4.79 Å². The van der Waals surface area contributed by atoms with Crippen LogP contribution >= 0.6 is 0 Å². The summed E-state index contributed by atoms with van der Waals surface area (Å²) in [6.45, 7) is 7.61. The topological polar surface area (TPSA) is 49.3 Å². The van der Waals surface area contributed by atoms with E-state index in [1.54, 1.807) is 0 Å². The van der Waals surface area contributed by atoms with Crippen LogP contribution in [-0.4, -0.2) is 24.2 Å². The highest BCUT2D eigenvalue weighted by Crippen LogP contribution is 2.28. The molecule has 0 radical (unpaired) electrons. The number of nitrogens with one attached hydrogen (secondary N) is 1. The van der Waals surface area contributed by atoms with Gasteiger partial charge < -0.3 is 10.4 Å². The lowest BCUT2D eigenvalue weighted by Crippen LogP contribution is -2.35. The van der Waals surface area contributed by atoms with Crippen molar-refractivity contribution in [1.29, 1.82) is 0 Å². The zero-order valence-electron chi connectivity index (χ0n) is 11.5. The second-order valence-corrected chi connectivity index (χ2v) is 6.50. The molecule has 1 amide bonds. The molecule has 1 saturated carbocycles. The van der Waals surface area contributed by atoms with E-state index >= 15 is 0 Å². The van der Waals surface area contributed by atoms with E-state index in [-0.39, 0.29) is 23.8 Å². The molecule has 0 saturated heterocycles. The van der Waals surface area contributed by atoms with Gasteiger partial charge in [-0.1, -0.05) is 20.8 Å². The van der Waals surface area contributed by atoms with E-state index in [9.17, 15) is 4.79 Å². The molecule has 100 valence electrons. The molecular weight excluding hydrogens is 214 g/mol. The van der Waals surface area contributed by atoms with Crippen LogP contribution in [0.25, 0.3) is 0 Å². The minimum Gasteiger partial charge on any atom is -0.396 e. The van der Waals surface area contributed by atoms with E-state index in [0.29, 0.717) is 5.92 Å². The van der Waals surface area contributed by atoms with Crippen molar-refractivity contribution < 1.29 is 9.90 Å². The zero-order chi connectivity index (χ0) is 12.9. The van der Waals surface area contributed by atoms with Crippen molar-refractivity contribution in [3.05, 3.63) is 0 Å². The van der Waals surface area contributed by atoms with E-state index < -0.39 is 0 Å². The molecular formula is C14H27NO2. The summed E-state index contributed by atoms with van der Waals surface area (Å²) in [6.07, 6.45) is 4.88. The van der Waals surface area contributed by atoms with Gasteiger partial charge in [0.15, 0.2) is 0 Å². The van der Waals surface area contributed by atoms with E-state index in [0.717, 1.165) is 38.6 Å². The standard InChI is InChI=1S/C14H27NO2/c1-14(2,3)8-9-15-13(17)12-6-4-11(10-16)5-7-12/h11-12,16H,4-10H2,1-3H3,(H,15,17). The predicted molar refractivity (Wildman–Crippen MR) is 69.6 cm³/mol. The van der Waals surface area contributed by atoms with Crippen LogP contribution in [0.4, 0.5) is 0 Å². The Kier molecular flexibility index (Phi) is 5.44. The number of rotatable bonds is 4. The van der Waals surface area contributed by atoms with Crippen LogP contribution in [0.15, 0.2) is 0 Å². The third-order valence-electron chi connectivity index (χ3n) is 3.65. The van der Waals surface area contributed by atoms with Gasteiger partial charge in [-0.25, -0.2) is 0 Å². The predicted octanol–water partition coefficient (Wildman–Crippen LogP) is 2.34. The van der Waals surface area contributed by atoms with Gasteiger partial charge >= 0.3 is 0 Å². The minimum atomic E-state index is 0.178. The Morgan fingerprint density at radius 2 is 1.82 bits per heavy atom. The third-order valence-corrected chi connectivity index (χ3v) is 3.65. The Morgan fingerprint density at radius 3 is 2.29 bits per heavy atom. The molecule has 0 spiro atoms. The Balaban J connectivity index is 2.21. The van der Waals surface area contributed by atoms with Crippen molar-refractivity contribution in [2.45, 2.75) is 52.9 Å². The SMILES string of the molecule is CC(C)(C)CCNC(=O)C1CCC(CO)CC1. The van der Waals surface area contributed by atoms with Gasteiger partial charge in [0, 0.05) is 19.1 Å². The van der Waals surface area contributed by atoms with Crippen molar-refractivity contribution in [2.24, 2.45) is 17.3 Å². The maximum absolute atomic E-state index is 11.9. The van der Waals surface area contributed by atoms with E-state index in [4.69, 9.17) is 5.11 Å². The van der Waals surface area contributed by atoms with Crippen LogP contribution in [0, 0.1) is 17.3 Å². The molecule has 1 aliphatic rings. The summed E-state index contributed by atoms with van der Waals surface area (Å²) < 4.78 is 0. The van der Waals surface area contributed by atoms with Crippen LogP contribution in [-0.2, 0) is 4.79 Å². The highest BCUT2D eigenvalue weighted by Gasteiger charge is 2.25. The molecule has 1 fully saturated rings. The van der Waals surface area contributed by atoms with Crippen molar-refractivity contribution >= 4 is 5.91 Å². The van der Waals surface area contributed by atoms with Crippen molar-refractivity contribution in [1.82, 2.24) is 5.32 Å². The molecule has 0 aromatic rings. The first-order chi connectivity index (χ1) is 7.92. The van der Waals surface area contributed by atoms with Crippen LogP contribution in [0.1, 0.15) is 52.9 Å². The first-order valence-electron chi connectivity index (χ1n) is 6.81. The third kappa shape index (κ3) is 5.53. The van der Waals surface area contributed by atoms with E-state index in [1.807, 2.05) is 0 Å². The molecule has 0 unspecified atom stereocenters. The minimum absolute atomic E-state index is 0.178. The summed E-state index contributed by atoms with van der Waals surface area (Å²) in [5.74, 6) is 0.817. The number of carbonyl (C=O) groups is 1. The Morgan fingerprint density at radius 1 is 1.24 bits per heavy atom. The summed E-state index contributed by atoms with van der Waals surface area (Å²) in [4.78, 5) is 11.9. The molecule has 3 nitrogen and oxygen atoms in total. The smallest absolute Gasteiger partial charge is 0.223 e. The molecule has 0 aromatic heterocycles. The summed E-state index contributed by atoms with van der Waals surface area (Å²) in [5.41, 5.74) is 0.280. The highest BCUT2D eigenvalue weighted by molar-refractivity contribution is 5.78. The first kappa shape index (κ1) is 14.5. The van der Waals surface area contributed by atoms with Crippen molar-refractivity contribution in [3.8, 4) is 0 Å². The normalized spacial score (nSPS) is 25.6. The number of aliphatic hydroxyl groups excluding tert-OH is 1. The molecule has 1 rings (SSSR count). The fourth-order valence-corrected chi connectivity index (χ4v) is 2.31. The van der Waals surface area contributed by atoms with E-state index in [2.05, 4.69) is 26.1 Å². The van der Waals surface area contributed by atoms with Crippen molar-refractivity contribution in [3.63, 3.8) is 0 Å². The number of carbonyl (C=O) groups excluding carboxylic acids is 1. The molecule has 2 N–H and O–H groups in total. The lowest BCUT2D eigenvalue weighted by Gasteiger charge is -2.27. The highest BCUT2D eigenvalue weighted by atomic mass is 16.3. The largest absolute Gasteiger partial charge is 0.396 e. The molecule has 0 bridgehead atoms. The summed E-state index contributed by atoms with van der Waals surface area (Å²) in [6, 6.07) is 0. The maximum atomic E-state index is 11.9. The molecule has 0 aromatic carbocycles. The lowest BCUT2D eigenvalue weighted by atomic mass is 9.82. The Labute approximate surface area is 105 Å². The van der Waals surface area contributed by atoms with Crippen LogP contribution in [0.5, 0.6) is 0 Å². The van der Waals surface area contributed by atoms with E-state index in [1.165, 1.54) is 0 Å². The molecule has 0 atom stereocenters. The summed E-state index contributed by atoms with van der Waals surface area (Å²) in [5, 5.41) is 12.1. The fraction of sp³-hybridized carbons (Fsp3) is 0.929. The fourth-order valence-electron chi connectivity index (χ4n) is 2.31. The second kappa shape index (κ2) is 6.39. The van der Waals surface area contributed by atoms with Gasteiger partial charge in [-0.2, -0.15) is 0 Å². The Hall–Kier alpha value is -0.570. The molecule has 0 heterocycles. The van der Waals surface area contributed by atoms with Gasteiger partial charge in [0.1, 0.15) is 0 Å². The quantitative estimate of drug-likeness (QED) is 0.793. The van der Waals surface area contributed by atoms with Crippen LogP contribution in [0.2, 0.25) is 0 Å². The number of hydrogen-bond donors (Lipinski definition) is 2. The monoisotopic (exact) mass is 241 g/mol. The molecule has 17 heavy (non-hydrogen) atoms. The average Bonchev–Trinajstić information content (AvgIpc) is 2.27. The second-order valence-electron chi connectivity index (χ2n) is 6.50.